The number of hydrogen-bond donors (Lipinski definition) is 4. The highest BCUT2D eigenvalue weighted by molar-refractivity contribution is 5.89. The monoisotopic (exact) mass is 420 g/mol. The lowest BCUT2D eigenvalue weighted by atomic mass is 10.0. The number of carboxylic acid groups (broad SMARTS) is 1. The number of nitrogens with one attached hydrogen (secondary N) is 2. The molecule has 0 spiro atoms. The molecule has 4 rings (SSSR count). The predicted molar refractivity (Wildman–Crippen MR) is 114 cm³/mol. The van der Waals surface area contributed by atoms with Gasteiger partial charge in [0.1, 0.15) is 17.4 Å². The maximum Gasteiger partial charge on any atom is 0.340 e. The van der Waals surface area contributed by atoms with Crippen molar-refractivity contribution in [3.8, 4) is 5.75 Å². The molecule has 0 aliphatic carbocycles. The van der Waals surface area contributed by atoms with Crippen molar-refractivity contribution in [3.63, 3.8) is 0 Å². The first-order chi connectivity index (χ1) is 14.8. The van der Waals surface area contributed by atoms with Crippen molar-refractivity contribution in [3.05, 3.63) is 75.8 Å². The van der Waals surface area contributed by atoms with E-state index >= 15 is 0 Å². The Morgan fingerprint density at radius 3 is 2.71 bits per heavy atom. The Balaban J connectivity index is 1.56. The number of aryl methyl sites for hydroxylation is 1. The van der Waals surface area contributed by atoms with E-state index in [9.17, 15) is 24.6 Å². The maximum atomic E-state index is 12.6. The molecule has 0 unspecified atom stereocenters. The number of aromatic amines is 1. The average molecular weight is 420 g/mol. The minimum atomic E-state index is -1.17. The molecule has 0 aliphatic rings. The molecule has 0 saturated heterocycles. The molecular weight excluding hydrogens is 400 g/mol. The number of carbonyl (C=O) groups excluding carboxylic acids is 1. The van der Waals surface area contributed by atoms with Gasteiger partial charge >= 0.3 is 11.6 Å². The van der Waals surface area contributed by atoms with Gasteiger partial charge in [-0.1, -0.05) is 18.2 Å². The largest absolute Gasteiger partial charge is 0.508 e. The highest BCUT2D eigenvalue weighted by Crippen LogP contribution is 2.24. The molecule has 2 aromatic carbocycles. The number of H-pyrrole nitrogens is 1. The van der Waals surface area contributed by atoms with E-state index in [0.717, 1.165) is 16.5 Å². The quantitative estimate of drug-likeness (QED) is 0.355. The SMILES string of the molecule is Cc1c(CC(=O)N[C@@H](Cc2c[nH]c3ccccc23)C(=O)O)c(=O)oc2cc(O)ccc12. The second-order valence-electron chi connectivity index (χ2n) is 7.37. The van der Waals surface area contributed by atoms with Crippen LogP contribution in [0.5, 0.6) is 5.75 Å². The van der Waals surface area contributed by atoms with Crippen molar-refractivity contribution in [2.45, 2.75) is 25.8 Å². The van der Waals surface area contributed by atoms with Crippen LogP contribution in [-0.2, 0) is 22.4 Å². The number of rotatable bonds is 6. The Hall–Kier alpha value is -4.07. The number of amides is 1. The zero-order chi connectivity index (χ0) is 22.1. The van der Waals surface area contributed by atoms with Gasteiger partial charge in [-0.3, -0.25) is 4.79 Å². The third kappa shape index (κ3) is 4.00. The number of aromatic hydroxyl groups is 1. The first-order valence-electron chi connectivity index (χ1n) is 9.66. The fourth-order valence-corrected chi connectivity index (χ4v) is 3.71. The fraction of sp³-hybridized carbons (Fsp3) is 0.174. The minimum Gasteiger partial charge on any atom is -0.508 e. The number of aromatic nitrogens is 1. The normalized spacial score (nSPS) is 12.2. The van der Waals surface area contributed by atoms with Crippen molar-refractivity contribution in [2.24, 2.45) is 0 Å². The number of carboxylic acids is 1. The Morgan fingerprint density at radius 1 is 1.16 bits per heavy atom. The van der Waals surface area contributed by atoms with Crippen LogP contribution in [0.2, 0.25) is 0 Å². The maximum absolute atomic E-state index is 12.6. The van der Waals surface area contributed by atoms with E-state index < -0.39 is 23.5 Å². The third-order valence-corrected chi connectivity index (χ3v) is 5.34. The molecule has 31 heavy (non-hydrogen) atoms. The smallest absolute Gasteiger partial charge is 0.340 e. The Kier molecular flexibility index (Phi) is 5.21. The molecule has 1 amide bonds. The van der Waals surface area contributed by atoms with Gasteiger partial charge in [-0.15, -0.1) is 0 Å². The highest BCUT2D eigenvalue weighted by atomic mass is 16.4. The second kappa shape index (κ2) is 7.98. The highest BCUT2D eigenvalue weighted by Gasteiger charge is 2.23. The third-order valence-electron chi connectivity index (χ3n) is 5.34. The van der Waals surface area contributed by atoms with E-state index in [1.165, 1.54) is 12.1 Å². The molecule has 4 N–H and O–H groups in total. The van der Waals surface area contributed by atoms with E-state index in [1.54, 1.807) is 19.2 Å². The van der Waals surface area contributed by atoms with Crippen molar-refractivity contribution in [1.82, 2.24) is 10.3 Å². The number of carbonyl (C=O) groups is 2. The lowest BCUT2D eigenvalue weighted by Crippen LogP contribution is -2.43. The molecule has 0 radical (unpaired) electrons. The number of hydrogen-bond acceptors (Lipinski definition) is 5. The summed E-state index contributed by atoms with van der Waals surface area (Å²) in [5.74, 6) is -1.81. The number of benzene rings is 2. The molecule has 1 atom stereocenters. The van der Waals surface area contributed by atoms with Crippen LogP contribution in [0.4, 0.5) is 0 Å². The summed E-state index contributed by atoms with van der Waals surface area (Å²) in [6.07, 6.45) is 1.50. The molecule has 0 bridgehead atoms. The van der Waals surface area contributed by atoms with Crippen LogP contribution in [0.3, 0.4) is 0 Å². The number of para-hydroxylation sites is 1. The van der Waals surface area contributed by atoms with Crippen molar-refractivity contribution in [2.75, 3.05) is 0 Å². The Morgan fingerprint density at radius 2 is 1.94 bits per heavy atom. The van der Waals surface area contributed by atoms with Gasteiger partial charge in [-0.05, 0) is 36.2 Å². The second-order valence-corrected chi connectivity index (χ2v) is 7.37. The van der Waals surface area contributed by atoms with Crippen LogP contribution in [0.25, 0.3) is 21.9 Å². The zero-order valence-electron chi connectivity index (χ0n) is 16.6. The Labute approximate surface area is 176 Å². The van der Waals surface area contributed by atoms with Crippen LogP contribution in [0.15, 0.2) is 57.9 Å². The number of phenols is 1. The lowest BCUT2D eigenvalue weighted by molar-refractivity contribution is -0.141. The lowest BCUT2D eigenvalue weighted by Gasteiger charge is -2.15. The summed E-state index contributed by atoms with van der Waals surface area (Å²) >= 11 is 0. The first kappa shape index (κ1) is 20.2. The summed E-state index contributed by atoms with van der Waals surface area (Å²) in [6, 6.07) is 10.7. The molecule has 0 aliphatic heterocycles. The summed E-state index contributed by atoms with van der Waals surface area (Å²) in [5, 5.41) is 23.2. The van der Waals surface area contributed by atoms with Gasteiger partial charge in [0.25, 0.3) is 0 Å². The topological polar surface area (TPSA) is 133 Å². The molecule has 158 valence electrons. The Bertz CT molecular complexity index is 1370. The minimum absolute atomic E-state index is 0.0397. The van der Waals surface area contributed by atoms with Crippen LogP contribution < -0.4 is 10.9 Å². The zero-order valence-corrected chi connectivity index (χ0v) is 16.6. The number of aliphatic carboxylic acids is 1. The van der Waals surface area contributed by atoms with Gasteiger partial charge in [-0.2, -0.15) is 0 Å². The van der Waals surface area contributed by atoms with Crippen LogP contribution in [0, 0.1) is 6.92 Å². The van der Waals surface area contributed by atoms with Gasteiger partial charge < -0.3 is 24.9 Å². The molecule has 8 nitrogen and oxygen atoms in total. The molecule has 0 fully saturated rings. The van der Waals surface area contributed by atoms with Crippen molar-refractivity contribution in [1.29, 1.82) is 0 Å². The summed E-state index contributed by atoms with van der Waals surface area (Å²) in [6.45, 7) is 1.68. The van der Waals surface area contributed by atoms with Crippen molar-refractivity contribution < 1.29 is 24.2 Å². The first-order valence-corrected chi connectivity index (χ1v) is 9.66. The average Bonchev–Trinajstić information content (AvgIpc) is 3.13. The number of phenolic OH excluding ortho intramolecular Hbond substituents is 1. The van der Waals surface area contributed by atoms with Crippen LogP contribution >= 0.6 is 0 Å². The molecule has 0 saturated carbocycles. The van der Waals surface area contributed by atoms with Crippen LogP contribution in [-0.4, -0.2) is 33.1 Å². The van der Waals surface area contributed by atoms with Gasteiger partial charge in [-0.25, -0.2) is 9.59 Å². The van der Waals surface area contributed by atoms with Gasteiger partial charge in [0.15, 0.2) is 0 Å². The number of fused-ring (bicyclic) bond motifs is 2. The van der Waals surface area contributed by atoms with E-state index in [4.69, 9.17) is 4.42 Å². The summed E-state index contributed by atoms with van der Waals surface area (Å²) in [7, 11) is 0. The standard InChI is InChI=1S/C23H20N2O6/c1-12-15-7-6-14(26)9-20(15)31-23(30)17(12)10-21(27)25-19(22(28)29)8-13-11-24-18-5-3-2-4-16(13)18/h2-7,9,11,19,24,26H,8,10H2,1H3,(H,25,27)(H,28,29)/t19-/m0/s1. The van der Waals surface area contributed by atoms with Gasteiger partial charge in [0, 0.05) is 35.0 Å². The van der Waals surface area contributed by atoms with Gasteiger partial charge in [0.2, 0.25) is 5.91 Å². The predicted octanol–water partition coefficient (Wildman–Crippen LogP) is 2.64. The molecular formula is C23H20N2O6. The molecule has 8 heteroatoms. The molecule has 4 aromatic rings. The van der Waals surface area contributed by atoms with E-state index in [2.05, 4.69) is 10.3 Å². The fourth-order valence-electron chi connectivity index (χ4n) is 3.71. The van der Waals surface area contributed by atoms with Crippen molar-refractivity contribution >= 4 is 33.7 Å². The molecule has 2 aromatic heterocycles. The van der Waals surface area contributed by atoms with Gasteiger partial charge in [0.05, 0.1) is 12.0 Å². The summed E-state index contributed by atoms with van der Waals surface area (Å²) in [4.78, 5) is 39.8. The molecule has 2 heterocycles. The van der Waals surface area contributed by atoms with E-state index in [1.807, 2.05) is 24.3 Å². The summed E-state index contributed by atoms with van der Waals surface area (Å²) < 4.78 is 5.23. The van der Waals surface area contributed by atoms with E-state index in [-0.39, 0.29) is 29.7 Å². The summed E-state index contributed by atoms with van der Waals surface area (Å²) in [5.41, 5.74) is 1.85. The van der Waals surface area contributed by atoms with E-state index in [0.29, 0.717) is 10.9 Å². The van der Waals surface area contributed by atoms with Crippen LogP contribution in [0.1, 0.15) is 16.7 Å².